The van der Waals surface area contributed by atoms with E-state index in [1.165, 1.54) is 5.56 Å². The molecule has 2 saturated heterocycles. The number of anilines is 1. The smallest absolute Gasteiger partial charge is 0.268 e. The van der Waals surface area contributed by atoms with Gasteiger partial charge < -0.3 is 10.1 Å². The molecule has 5 nitrogen and oxygen atoms in total. The van der Waals surface area contributed by atoms with Crippen LogP contribution < -0.4 is 5.32 Å². The molecule has 3 aromatic rings. The Balaban J connectivity index is 1.23. The van der Waals surface area contributed by atoms with Crippen molar-refractivity contribution >= 4 is 16.6 Å². The van der Waals surface area contributed by atoms with Crippen molar-refractivity contribution in [1.29, 1.82) is 0 Å². The Morgan fingerprint density at radius 2 is 1.89 bits per heavy atom. The van der Waals surface area contributed by atoms with Crippen molar-refractivity contribution in [3.05, 3.63) is 66.1 Å². The zero-order chi connectivity index (χ0) is 24.7. The highest BCUT2D eigenvalue weighted by molar-refractivity contribution is 5.86. The van der Waals surface area contributed by atoms with Gasteiger partial charge in [-0.2, -0.15) is 0 Å². The number of halogens is 3. The number of pyridine rings is 2. The molecular weight excluding hydrogens is 465 g/mol. The Morgan fingerprint density at radius 1 is 1.03 bits per heavy atom. The molecule has 2 aromatic heterocycles. The topological polar surface area (TPSA) is 50.3 Å². The molecule has 0 bridgehead atoms. The lowest BCUT2D eigenvalue weighted by atomic mass is 9.73. The number of fused-ring (bicyclic) bond motifs is 1. The van der Waals surface area contributed by atoms with Gasteiger partial charge in [-0.05, 0) is 55.8 Å². The Hall–Kier alpha value is -2.71. The summed E-state index contributed by atoms with van der Waals surface area (Å²) in [5.41, 5.74) is 1.64. The second-order valence-corrected chi connectivity index (χ2v) is 10.4. The van der Waals surface area contributed by atoms with Crippen molar-refractivity contribution in [3.8, 4) is 0 Å². The van der Waals surface area contributed by atoms with E-state index in [2.05, 4.69) is 27.4 Å². The summed E-state index contributed by atoms with van der Waals surface area (Å²) in [5.74, 6) is -3.08. The predicted molar refractivity (Wildman–Crippen MR) is 133 cm³/mol. The Morgan fingerprint density at radius 3 is 2.64 bits per heavy atom. The van der Waals surface area contributed by atoms with E-state index >= 15 is 8.78 Å². The van der Waals surface area contributed by atoms with Crippen molar-refractivity contribution in [3.63, 3.8) is 0 Å². The summed E-state index contributed by atoms with van der Waals surface area (Å²) < 4.78 is 50.9. The van der Waals surface area contributed by atoms with E-state index in [-0.39, 0.29) is 19.2 Å². The Kier molecular flexibility index (Phi) is 6.33. The number of benzene rings is 1. The van der Waals surface area contributed by atoms with Gasteiger partial charge in [-0.1, -0.05) is 30.3 Å². The number of alkyl halides is 3. The van der Waals surface area contributed by atoms with Crippen LogP contribution in [0, 0.1) is 0 Å². The number of piperidine rings is 1. The molecule has 36 heavy (non-hydrogen) atoms. The van der Waals surface area contributed by atoms with E-state index in [4.69, 9.17) is 4.74 Å². The number of rotatable bonds is 5. The Bertz CT molecular complexity index is 1210. The summed E-state index contributed by atoms with van der Waals surface area (Å²) in [4.78, 5) is 10.8. The van der Waals surface area contributed by atoms with Gasteiger partial charge in [-0.3, -0.25) is 9.88 Å². The molecule has 1 N–H and O–H groups in total. The van der Waals surface area contributed by atoms with Crippen LogP contribution in [0.25, 0.3) is 10.8 Å². The highest BCUT2D eigenvalue weighted by Gasteiger charge is 2.50. The average Bonchev–Trinajstić information content (AvgIpc) is 2.85. The van der Waals surface area contributed by atoms with Crippen LogP contribution >= 0.6 is 0 Å². The molecule has 8 heteroatoms. The fraction of sp³-hybridized carbons (Fsp3) is 0.500. The van der Waals surface area contributed by atoms with Crippen LogP contribution in [0.15, 0.2) is 54.9 Å². The zero-order valence-corrected chi connectivity index (χ0v) is 20.1. The first-order valence-corrected chi connectivity index (χ1v) is 12.9. The molecule has 190 valence electrons. The molecule has 1 unspecified atom stereocenters. The van der Waals surface area contributed by atoms with E-state index in [0.29, 0.717) is 48.8 Å². The first kappa shape index (κ1) is 23.7. The molecule has 4 heterocycles. The maximum atomic E-state index is 15.7. The standard InChI is InChI=1S/C28H31F3N4O/c29-23-16-36-13-10-24(23)34-26-14-21-19(15-33-26)8-11-32-27(21)22-9-12-35(17-28(22,30)31)25-7-6-20(25)18-4-2-1-3-5-18/h1-5,8,11,14-15,20,22-25H,6-7,9-10,12-13,16-17H2,(H,33,34)/t20-,22?,23-,24-,25-/m1/s1. The highest BCUT2D eigenvalue weighted by atomic mass is 19.3. The summed E-state index contributed by atoms with van der Waals surface area (Å²) in [6, 6.07) is 13.5. The van der Waals surface area contributed by atoms with Crippen LogP contribution in [-0.2, 0) is 4.74 Å². The lowest BCUT2D eigenvalue weighted by molar-refractivity contribution is -0.104. The maximum absolute atomic E-state index is 15.7. The quantitative estimate of drug-likeness (QED) is 0.503. The van der Waals surface area contributed by atoms with Gasteiger partial charge in [0.1, 0.15) is 12.0 Å². The van der Waals surface area contributed by atoms with Crippen LogP contribution in [0.4, 0.5) is 19.0 Å². The molecule has 1 aromatic carbocycles. The fourth-order valence-corrected chi connectivity index (χ4v) is 6.09. The minimum atomic E-state index is -2.90. The lowest BCUT2D eigenvalue weighted by Gasteiger charge is -2.49. The molecule has 6 rings (SSSR count). The van der Waals surface area contributed by atoms with Gasteiger partial charge >= 0.3 is 0 Å². The number of hydrogen-bond donors (Lipinski definition) is 1. The van der Waals surface area contributed by atoms with Gasteiger partial charge in [0, 0.05) is 35.8 Å². The lowest BCUT2D eigenvalue weighted by Crippen LogP contribution is -2.55. The van der Waals surface area contributed by atoms with Crippen LogP contribution in [0.5, 0.6) is 0 Å². The minimum absolute atomic E-state index is 0.0506. The van der Waals surface area contributed by atoms with E-state index in [9.17, 15) is 4.39 Å². The normalized spacial score (nSPS) is 30.6. The molecule has 0 spiro atoms. The monoisotopic (exact) mass is 496 g/mol. The minimum Gasteiger partial charge on any atom is -0.378 e. The molecule has 0 amide bonds. The molecule has 0 radical (unpaired) electrons. The van der Waals surface area contributed by atoms with Gasteiger partial charge in [0.2, 0.25) is 0 Å². The van der Waals surface area contributed by atoms with Crippen molar-refractivity contribution in [2.75, 3.05) is 31.6 Å². The summed E-state index contributed by atoms with van der Waals surface area (Å²) in [5, 5.41) is 4.56. The number of aromatic nitrogens is 2. The van der Waals surface area contributed by atoms with Gasteiger partial charge in [0.15, 0.2) is 0 Å². The van der Waals surface area contributed by atoms with Gasteiger partial charge in [0.25, 0.3) is 5.92 Å². The van der Waals surface area contributed by atoms with Crippen LogP contribution in [0.2, 0.25) is 0 Å². The molecule has 3 aliphatic rings. The number of nitrogens with one attached hydrogen (secondary N) is 1. The maximum Gasteiger partial charge on any atom is 0.268 e. The van der Waals surface area contributed by atoms with Crippen molar-refractivity contribution in [2.45, 2.75) is 61.7 Å². The number of nitrogens with zero attached hydrogens (tertiary/aromatic N) is 3. The summed E-state index contributed by atoms with van der Waals surface area (Å²) in [7, 11) is 0. The molecule has 1 aliphatic carbocycles. The van der Waals surface area contributed by atoms with Gasteiger partial charge in [-0.25, -0.2) is 18.2 Å². The van der Waals surface area contributed by atoms with E-state index < -0.39 is 24.1 Å². The third-order valence-electron chi connectivity index (χ3n) is 8.19. The van der Waals surface area contributed by atoms with Crippen molar-refractivity contribution in [1.82, 2.24) is 14.9 Å². The van der Waals surface area contributed by atoms with Crippen LogP contribution in [0.1, 0.15) is 48.8 Å². The largest absolute Gasteiger partial charge is 0.378 e. The van der Waals surface area contributed by atoms with E-state index in [1.807, 2.05) is 23.1 Å². The number of hydrogen-bond acceptors (Lipinski definition) is 5. The van der Waals surface area contributed by atoms with Crippen LogP contribution in [0.3, 0.4) is 0 Å². The molecule has 1 saturated carbocycles. The molecule has 3 fully saturated rings. The third-order valence-corrected chi connectivity index (χ3v) is 8.19. The first-order valence-electron chi connectivity index (χ1n) is 12.9. The van der Waals surface area contributed by atoms with E-state index in [0.717, 1.165) is 18.2 Å². The third kappa shape index (κ3) is 4.45. The number of ether oxygens (including phenoxy) is 1. The Labute approximate surface area is 209 Å². The molecule has 2 aliphatic heterocycles. The number of likely N-dealkylation sites (tertiary alicyclic amines) is 1. The van der Waals surface area contributed by atoms with E-state index in [1.54, 1.807) is 24.5 Å². The first-order chi connectivity index (χ1) is 17.5. The predicted octanol–water partition coefficient (Wildman–Crippen LogP) is 5.54. The molecule has 5 atom stereocenters. The summed E-state index contributed by atoms with van der Waals surface area (Å²) in [6.07, 6.45) is 4.97. The SMILES string of the molecule is F[C@@H]1COCC[C@H]1Nc1cc2c(C3CCN([C@@H]4CC[C@@H]4c4ccccc4)CC3(F)F)nccc2cn1. The zero-order valence-electron chi connectivity index (χ0n) is 20.1. The van der Waals surface area contributed by atoms with Gasteiger partial charge in [-0.15, -0.1) is 0 Å². The second-order valence-electron chi connectivity index (χ2n) is 10.4. The average molecular weight is 497 g/mol. The molecular formula is C28H31F3N4O. The van der Waals surface area contributed by atoms with Crippen LogP contribution in [-0.4, -0.2) is 65.3 Å². The van der Waals surface area contributed by atoms with Crippen molar-refractivity contribution < 1.29 is 17.9 Å². The van der Waals surface area contributed by atoms with Crippen molar-refractivity contribution in [2.24, 2.45) is 0 Å². The van der Waals surface area contributed by atoms with Gasteiger partial charge in [0.05, 0.1) is 30.8 Å². The highest BCUT2D eigenvalue weighted by Crippen LogP contribution is 2.47. The fourth-order valence-electron chi connectivity index (χ4n) is 6.09. The summed E-state index contributed by atoms with van der Waals surface area (Å²) in [6.45, 7) is 0.893. The summed E-state index contributed by atoms with van der Waals surface area (Å²) >= 11 is 0. The second kappa shape index (κ2) is 9.63.